The van der Waals surface area contributed by atoms with Gasteiger partial charge in [0.1, 0.15) is 17.0 Å². The molecule has 0 fully saturated rings. The molecule has 0 aliphatic rings. The molecule has 3 heterocycles. The standard InChI is InChI=1S/C20H20N6O4S/c1-26-20(28)18-14(22-13-5-3-4-6-15(13)31(2,29)30)10-17(24-19(18)25-26)23-16-9-12(11-27)7-8-21-16/h3-10,27H,11H2,1-2H3,(H3,21,22,23,24,25). The Labute approximate surface area is 177 Å². The average Bonchev–Trinajstić information content (AvgIpc) is 3.01. The molecule has 0 amide bonds. The van der Waals surface area contributed by atoms with E-state index in [2.05, 4.69) is 25.7 Å². The molecular formula is C20H20N6O4S. The SMILES string of the molecule is Cn1[nH]c2nc(Nc3cc(CO)ccn3)cc(Nc3ccccc3S(C)(=O)=O)c2c1=O. The second-order valence-corrected chi connectivity index (χ2v) is 8.96. The summed E-state index contributed by atoms with van der Waals surface area (Å²) in [6.45, 7) is -0.134. The molecule has 10 nitrogen and oxygen atoms in total. The molecule has 0 spiro atoms. The van der Waals surface area contributed by atoms with Crippen LogP contribution < -0.4 is 16.2 Å². The lowest BCUT2D eigenvalue weighted by Gasteiger charge is -2.13. The second kappa shape index (κ2) is 7.85. The third-order valence-electron chi connectivity index (χ3n) is 4.63. The Morgan fingerprint density at radius 3 is 2.61 bits per heavy atom. The Bertz CT molecular complexity index is 1440. The number of nitrogens with one attached hydrogen (secondary N) is 3. The first kappa shape index (κ1) is 20.6. The molecule has 3 aromatic heterocycles. The lowest BCUT2D eigenvalue weighted by Crippen LogP contribution is -2.12. The van der Waals surface area contributed by atoms with Crippen molar-refractivity contribution in [2.75, 3.05) is 16.9 Å². The molecule has 0 bridgehead atoms. The van der Waals surface area contributed by atoms with Gasteiger partial charge in [0.2, 0.25) is 0 Å². The minimum Gasteiger partial charge on any atom is -0.392 e. The molecule has 0 atom stereocenters. The quantitative estimate of drug-likeness (QED) is 0.357. The fourth-order valence-electron chi connectivity index (χ4n) is 3.19. The minimum atomic E-state index is -3.50. The van der Waals surface area contributed by atoms with Crippen molar-refractivity contribution in [1.82, 2.24) is 19.7 Å². The normalized spacial score (nSPS) is 11.6. The molecule has 4 aromatic rings. The van der Waals surface area contributed by atoms with Crippen LogP contribution in [0.2, 0.25) is 0 Å². The monoisotopic (exact) mass is 440 g/mol. The molecule has 0 saturated heterocycles. The maximum atomic E-state index is 12.6. The molecule has 1 aromatic carbocycles. The molecule has 11 heteroatoms. The van der Waals surface area contributed by atoms with E-state index in [4.69, 9.17) is 0 Å². The van der Waals surface area contributed by atoms with E-state index >= 15 is 0 Å². The summed E-state index contributed by atoms with van der Waals surface area (Å²) in [5, 5.41) is 18.6. The van der Waals surface area contributed by atoms with Crippen molar-refractivity contribution in [2.24, 2.45) is 7.05 Å². The van der Waals surface area contributed by atoms with Crippen LogP contribution in [0, 0.1) is 0 Å². The van der Waals surface area contributed by atoms with Gasteiger partial charge in [0.25, 0.3) is 5.56 Å². The number of anilines is 4. The predicted octanol–water partition coefficient (Wildman–Crippen LogP) is 2.04. The van der Waals surface area contributed by atoms with E-state index in [1.165, 1.54) is 10.7 Å². The van der Waals surface area contributed by atoms with Crippen LogP contribution in [0.3, 0.4) is 0 Å². The van der Waals surface area contributed by atoms with Crippen LogP contribution in [0.25, 0.3) is 11.0 Å². The number of hydrogen-bond acceptors (Lipinski definition) is 8. The molecule has 4 N–H and O–H groups in total. The first-order valence-electron chi connectivity index (χ1n) is 9.25. The molecule has 4 rings (SSSR count). The summed E-state index contributed by atoms with van der Waals surface area (Å²) in [6, 6.07) is 11.4. The average molecular weight is 440 g/mol. The van der Waals surface area contributed by atoms with Crippen molar-refractivity contribution >= 4 is 43.9 Å². The Hall–Kier alpha value is -3.70. The van der Waals surface area contributed by atoms with Crippen LogP contribution in [-0.2, 0) is 23.5 Å². The van der Waals surface area contributed by atoms with Gasteiger partial charge in [-0.15, -0.1) is 0 Å². The van der Waals surface area contributed by atoms with Gasteiger partial charge < -0.3 is 15.7 Å². The van der Waals surface area contributed by atoms with Crippen molar-refractivity contribution in [3.63, 3.8) is 0 Å². The van der Waals surface area contributed by atoms with Gasteiger partial charge in [-0.05, 0) is 29.8 Å². The van der Waals surface area contributed by atoms with Gasteiger partial charge in [0, 0.05) is 25.6 Å². The highest BCUT2D eigenvalue weighted by Gasteiger charge is 2.17. The first-order valence-corrected chi connectivity index (χ1v) is 11.1. The highest BCUT2D eigenvalue weighted by molar-refractivity contribution is 7.90. The number of aromatic nitrogens is 4. The Morgan fingerprint density at radius 2 is 1.87 bits per heavy atom. The number of aliphatic hydroxyl groups excluding tert-OH is 1. The van der Waals surface area contributed by atoms with Crippen LogP contribution in [-0.4, -0.2) is 39.5 Å². The summed E-state index contributed by atoms with van der Waals surface area (Å²) in [4.78, 5) is 21.4. The van der Waals surface area contributed by atoms with E-state index in [0.717, 1.165) is 6.26 Å². The number of nitrogens with zero attached hydrogens (tertiary/aromatic N) is 3. The number of aliphatic hydroxyl groups is 1. The smallest absolute Gasteiger partial charge is 0.277 e. The van der Waals surface area contributed by atoms with E-state index in [1.54, 1.807) is 49.6 Å². The first-order chi connectivity index (χ1) is 14.8. The van der Waals surface area contributed by atoms with Gasteiger partial charge in [-0.2, -0.15) is 0 Å². The second-order valence-electron chi connectivity index (χ2n) is 6.98. The number of pyridine rings is 2. The van der Waals surface area contributed by atoms with Crippen molar-refractivity contribution < 1.29 is 13.5 Å². The fraction of sp³-hybridized carbons (Fsp3) is 0.150. The molecule has 0 radical (unpaired) electrons. The van der Waals surface area contributed by atoms with Gasteiger partial charge in [0.05, 0.1) is 22.9 Å². The van der Waals surface area contributed by atoms with Crippen LogP contribution in [0.1, 0.15) is 5.56 Å². The van der Waals surface area contributed by atoms with E-state index < -0.39 is 9.84 Å². The Balaban J connectivity index is 1.84. The molecule has 0 unspecified atom stereocenters. The number of fused-ring (bicyclic) bond motifs is 1. The summed E-state index contributed by atoms with van der Waals surface area (Å²) < 4.78 is 25.7. The number of rotatable bonds is 6. The Morgan fingerprint density at radius 1 is 1.10 bits per heavy atom. The number of sulfone groups is 1. The maximum absolute atomic E-state index is 12.6. The number of aromatic amines is 1. The molecule has 0 aliphatic carbocycles. The van der Waals surface area contributed by atoms with E-state index in [9.17, 15) is 18.3 Å². The highest BCUT2D eigenvalue weighted by Crippen LogP contribution is 2.30. The minimum absolute atomic E-state index is 0.110. The molecular weight excluding hydrogens is 420 g/mol. The van der Waals surface area contributed by atoms with Gasteiger partial charge in [0.15, 0.2) is 15.5 Å². The third kappa shape index (κ3) is 4.13. The molecule has 0 aliphatic heterocycles. The summed E-state index contributed by atoms with van der Waals surface area (Å²) in [5.74, 6) is 0.829. The topological polar surface area (TPSA) is 142 Å². The number of hydrogen-bond donors (Lipinski definition) is 4. The van der Waals surface area contributed by atoms with Crippen LogP contribution >= 0.6 is 0 Å². The zero-order chi connectivity index (χ0) is 22.2. The molecule has 0 saturated carbocycles. The van der Waals surface area contributed by atoms with Gasteiger partial charge >= 0.3 is 0 Å². The third-order valence-corrected chi connectivity index (χ3v) is 5.79. The number of aryl methyl sites for hydroxylation is 1. The van der Waals surface area contributed by atoms with E-state index in [-0.39, 0.29) is 22.4 Å². The van der Waals surface area contributed by atoms with Crippen molar-refractivity contribution in [2.45, 2.75) is 11.5 Å². The number of H-pyrrole nitrogens is 1. The summed E-state index contributed by atoms with van der Waals surface area (Å²) in [5.41, 5.74) is 1.40. The summed E-state index contributed by atoms with van der Waals surface area (Å²) in [7, 11) is -1.93. The van der Waals surface area contributed by atoms with E-state index in [0.29, 0.717) is 34.2 Å². The van der Waals surface area contributed by atoms with Crippen LogP contribution in [0.15, 0.2) is 58.4 Å². The molecule has 160 valence electrons. The van der Waals surface area contributed by atoms with Gasteiger partial charge in [-0.1, -0.05) is 12.1 Å². The zero-order valence-electron chi connectivity index (χ0n) is 16.7. The van der Waals surface area contributed by atoms with E-state index in [1.807, 2.05) is 0 Å². The lowest BCUT2D eigenvalue weighted by molar-refractivity contribution is 0.282. The number of para-hydroxylation sites is 1. The largest absolute Gasteiger partial charge is 0.392 e. The Kier molecular flexibility index (Phi) is 5.21. The highest BCUT2D eigenvalue weighted by atomic mass is 32.2. The van der Waals surface area contributed by atoms with Crippen LogP contribution in [0.4, 0.5) is 23.0 Å². The van der Waals surface area contributed by atoms with Crippen LogP contribution in [0.5, 0.6) is 0 Å². The predicted molar refractivity (Wildman–Crippen MR) is 118 cm³/mol. The maximum Gasteiger partial charge on any atom is 0.277 e. The summed E-state index contributed by atoms with van der Waals surface area (Å²) in [6.07, 6.45) is 2.68. The fourth-order valence-corrected chi connectivity index (χ4v) is 4.04. The number of benzene rings is 1. The lowest BCUT2D eigenvalue weighted by atomic mass is 10.2. The molecule has 31 heavy (non-hydrogen) atoms. The zero-order valence-corrected chi connectivity index (χ0v) is 17.6. The van der Waals surface area contributed by atoms with Crippen molar-refractivity contribution in [3.8, 4) is 0 Å². The van der Waals surface area contributed by atoms with Gasteiger partial charge in [-0.25, -0.2) is 18.4 Å². The summed E-state index contributed by atoms with van der Waals surface area (Å²) >= 11 is 0. The van der Waals surface area contributed by atoms with Crippen molar-refractivity contribution in [3.05, 3.63) is 64.6 Å². The van der Waals surface area contributed by atoms with Gasteiger partial charge in [-0.3, -0.25) is 14.6 Å². The van der Waals surface area contributed by atoms with Crippen molar-refractivity contribution in [1.29, 1.82) is 0 Å².